The summed E-state index contributed by atoms with van der Waals surface area (Å²) in [6, 6.07) is 11.7. The molecular formula is C30H37N3O4. The molecule has 5 rings (SSSR count). The zero-order chi connectivity index (χ0) is 26.5. The van der Waals surface area contributed by atoms with Gasteiger partial charge in [-0.1, -0.05) is 52.3 Å². The molecule has 2 aliphatic carbocycles. The molecule has 0 bridgehead atoms. The summed E-state index contributed by atoms with van der Waals surface area (Å²) in [5.41, 5.74) is 5.02. The molecule has 2 fully saturated rings. The molecule has 3 aliphatic rings. The number of aryl methyl sites for hydroxylation is 1. The summed E-state index contributed by atoms with van der Waals surface area (Å²) >= 11 is 0. The molecule has 1 saturated carbocycles. The van der Waals surface area contributed by atoms with Crippen LogP contribution in [0.3, 0.4) is 0 Å². The zero-order valence-electron chi connectivity index (χ0n) is 22.3. The smallest absolute Gasteiger partial charge is 0.294 e. The average Bonchev–Trinajstić information content (AvgIpc) is 3.20. The lowest BCUT2D eigenvalue weighted by molar-refractivity contribution is -0.383. The van der Waals surface area contributed by atoms with Crippen LogP contribution in [0, 0.1) is 21.4 Å². The molecule has 0 radical (unpaired) electrons. The summed E-state index contributed by atoms with van der Waals surface area (Å²) in [5, 5.41) is 15.4. The molecule has 37 heavy (non-hydrogen) atoms. The van der Waals surface area contributed by atoms with Crippen LogP contribution in [0.2, 0.25) is 0 Å². The first-order valence-electron chi connectivity index (χ1n) is 13.5. The number of nitro benzene ring substituents is 1. The molecule has 1 heterocycles. The van der Waals surface area contributed by atoms with Gasteiger partial charge >= 0.3 is 0 Å². The second-order valence-electron chi connectivity index (χ2n) is 12.0. The monoisotopic (exact) mass is 503 g/mol. The number of nitrogens with zero attached hydrogens (tertiary/aromatic N) is 2. The van der Waals surface area contributed by atoms with E-state index in [1.807, 2.05) is 0 Å². The summed E-state index contributed by atoms with van der Waals surface area (Å²) in [4.78, 5) is 36.9. The summed E-state index contributed by atoms with van der Waals surface area (Å²) in [6.07, 6.45) is 5.83. The van der Waals surface area contributed by atoms with Gasteiger partial charge in [0.25, 0.3) is 5.69 Å². The Labute approximate surface area is 218 Å². The highest BCUT2D eigenvalue weighted by Gasteiger charge is 2.51. The fourth-order valence-electron chi connectivity index (χ4n) is 7.34. The van der Waals surface area contributed by atoms with Crippen LogP contribution in [-0.4, -0.2) is 23.3 Å². The maximum Gasteiger partial charge on any atom is 0.294 e. The van der Waals surface area contributed by atoms with Crippen molar-refractivity contribution in [1.82, 2.24) is 0 Å². The van der Waals surface area contributed by atoms with Crippen molar-refractivity contribution in [3.63, 3.8) is 0 Å². The number of fused-ring (bicyclic) bond motifs is 3. The zero-order valence-corrected chi connectivity index (χ0v) is 22.3. The van der Waals surface area contributed by atoms with Crippen LogP contribution in [0.1, 0.15) is 88.8 Å². The maximum absolute atomic E-state index is 12.1. The van der Waals surface area contributed by atoms with E-state index in [0.29, 0.717) is 24.1 Å². The molecule has 0 spiro atoms. The van der Waals surface area contributed by atoms with Gasteiger partial charge in [0.05, 0.1) is 10.6 Å². The molecule has 7 heteroatoms. The van der Waals surface area contributed by atoms with Crippen LogP contribution in [0.15, 0.2) is 36.4 Å². The number of rotatable bonds is 6. The third kappa shape index (κ3) is 4.32. The van der Waals surface area contributed by atoms with E-state index in [2.05, 4.69) is 51.2 Å². The number of amides is 2. The molecule has 1 saturated heterocycles. The van der Waals surface area contributed by atoms with Gasteiger partial charge in [0.15, 0.2) is 0 Å². The van der Waals surface area contributed by atoms with Gasteiger partial charge in [0, 0.05) is 25.5 Å². The van der Waals surface area contributed by atoms with Crippen LogP contribution in [0.4, 0.5) is 17.1 Å². The Hall–Kier alpha value is -3.22. The molecule has 196 valence electrons. The van der Waals surface area contributed by atoms with Crippen molar-refractivity contribution in [1.29, 1.82) is 0 Å². The van der Waals surface area contributed by atoms with Crippen molar-refractivity contribution < 1.29 is 14.5 Å². The van der Waals surface area contributed by atoms with E-state index in [-0.39, 0.29) is 46.9 Å². The lowest BCUT2D eigenvalue weighted by Crippen LogP contribution is -2.51. The minimum atomic E-state index is -0.437. The number of hydrogen-bond acceptors (Lipinski definition) is 5. The normalized spacial score (nSPS) is 27.3. The van der Waals surface area contributed by atoms with Crippen molar-refractivity contribution in [2.45, 2.75) is 84.0 Å². The van der Waals surface area contributed by atoms with E-state index >= 15 is 0 Å². The highest BCUT2D eigenvalue weighted by Crippen LogP contribution is 2.57. The number of imide groups is 1. The average molecular weight is 504 g/mol. The molecule has 0 aromatic heterocycles. The minimum absolute atomic E-state index is 0.0190. The molecule has 7 nitrogen and oxygen atoms in total. The van der Waals surface area contributed by atoms with E-state index < -0.39 is 4.92 Å². The first kappa shape index (κ1) is 25.4. The molecule has 1 N–H and O–H groups in total. The molecule has 2 aromatic carbocycles. The van der Waals surface area contributed by atoms with E-state index in [1.165, 1.54) is 22.8 Å². The summed E-state index contributed by atoms with van der Waals surface area (Å²) in [6.45, 7) is 9.87. The fraction of sp³-hybridized carbons (Fsp3) is 0.533. The number of anilines is 2. The van der Waals surface area contributed by atoms with Crippen LogP contribution in [0.5, 0.6) is 0 Å². The van der Waals surface area contributed by atoms with Gasteiger partial charge in [-0.15, -0.1) is 0 Å². The molecule has 3 atom stereocenters. The summed E-state index contributed by atoms with van der Waals surface area (Å²) < 4.78 is 0. The second-order valence-corrected chi connectivity index (χ2v) is 12.0. The maximum atomic E-state index is 12.1. The van der Waals surface area contributed by atoms with Gasteiger partial charge in [-0.05, 0) is 77.2 Å². The largest absolute Gasteiger partial charge is 0.379 e. The van der Waals surface area contributed by atoms with Gasteiger partial charge in [-0.2, -0.15) is 0 Å². The molecule has 2 amide bonds. The van der Waals surface area contributed by atoms with Crippen molar-refractivity contribution in [2.75, 3.05) is 16.8 Å². The number of nitrogens with one attached hydrogen (secondary N) is 1. The highest BCUT2D eigenvalue weighted by molar-refractivity contribution is 6.20. The first-order valence-corrected chi connectivity index (χ1v) is 13.5. The second kappa shape index (κ2) is 9.26. The Kier molecular flexibility index (Phi) is 6.37. The van der Waals surface area contributed by atoms with E-state index in [4.69, 9.17) is 0 Å². The first-order chi connectivity index (χ1) is 17.5. The Balaban J connectivity index is 1.40. The Morgan fingerprint density at radius 2 is 1.78 bits per heavy atom. The van der Waals surface area contributed by atoms with Gasteiger partial charge in [-0.3, -0.25) is 24.6 Å². The van der Waals surface area contributed by atoms with Crippen LogP contribution in [-0.2, 0) is 21.4 Å². The predicted molar refractivity (Wildman–Crippen MR) is 145 cm³/mol. The Morgan fingerprint density at radius 1 is 1.05 bits per heavy atom. The standard InChI is InChI=1S/C30H37N3O4/c1-19(2)20-6-9-23-21(16-20)7-11-26-29(3,14-5-15-30(23,26)4)18-31-24-10-8-22(17-25(24)33(36)37)32-27(34)12-13-28(32)35/h6,8-10,16-17,19,26,31H,5,7,11-15,18H2,1-4H3/t26-,29+,30+/m1/s1. The summed E-state index contributed by atoms with van der Waals surface area (Å²) in [5.74, 6) is 0.358. The number of nitro groups is 1. The van der Waals surface area contributed by atoms with Gasteiger partial charge < -0.3 is 5.32 Å². The van der Waals surface area contributed by atoms with Gasteiger partial charge in [0.2, 0.25) is 11.8 Å². The van der Waals surface area contributed by atoms with Crippen molar-refractivity contribution in [3.05, 3.63) is 63.2 Å². The Bertz CT molecular complexity index is 1260. The number of hydrogen-bond donors (Lipinski definition) is 1. The molecule has 1 aliphatic heterocycles. The van der Waals surface area contributed by atoms with Crippen LogP contribution in [0.25, 0.3) is 0 Å². The highest BCUT2D eigenvalue weighted by atomic mass is 16.6. The van der Waals surface area contributed by atoms with Gasteiger partial charge in [0.1, 0.15) is 5.69 Å². The molecule has 2 aromatic rings. The van der Waals surface area contributed by atoms with Crippen molar-refractivity contribution in [2.24, 2.45) is 11.3 Å². The molecule has 0 unspecified atom stereocenters. The molecular weight excluding hydrogens is 466 g/mol. The van der Waals surface area contributed by atoms with Crippen LogP contribution >= 0.6 is 0 Å². The fourth-order valence-corrected chi connectivity index (χ4v) is 7.34. The number of carbonyl (C=O) groups excluding carboxylic acids is 2. The summed E-state index contributed by atoms with van der Waals surface area (Å²) in [7, 11) is 0. The minimum Gasteiger partial charge on any atom is -0.379 e. The third-order valence-electron chi connectivity index (χ3n) is 9.34. The van der Waals surface area contributed by atoms with E-state index in [9.17, 15) is 19.7 Å². The third-order valence-corrected chi connectivity index (χ3v) is 9.34. The Morgan fingerprint density at radius 3 is 2.46 bits per heavy atom. The van der Waals surface area contributed by atoms with E-state index in [1.54, 1.807) is 12.1 Å². The van der Waals surface area contributed by atoms with Crippen LogP contribution < -0.4 is 10.2 Å². The SMILES string of the molecule is CC(C)c1ccc2c(c1)CC[C@@H]1[C@](C)(CNc3ccc(N4C(=O)CCC4=O)cc3[N+](=O)[O-])CCC[C@@]21C. The van der Waals surface area contributed by atoms with Crippen molar-refractivity contribution >= 4 is 28.9 Å². The predicted octanol–water partition coefficient (Wildman–Crippen LogP) is 6.49. The quantitative estimate of drug-likeness (QED) is 0.276. The lowest BCUT2D eigenvalue weighted by atomic mass is 9.49. The number of benzene rings is 2. The number of carbonyl (C=O) groups is 2. The lowest BCUT2D eigenvalue weighted by Gasteiger charge is -2.55. The van der Waals surface area contributed by atoms with Gasteiger partial charge in [-0.25, -0.2) is 0 Å². The van der Waals surface area contributed by atoms with Crippen molar-refractivity contribution in [3.8, 4) is 0 Å². The van der Waals surface area contributed by atoms with E-state index in [0.717, 1.165) is 37.0 Å². The topological polar surface area (TPSA) is 92.6 Å².